The first-order chi connectivity index (χ1) is 15.3. The Morgan fingerprint density at radius 3 is 2.25 bits per heavy atom. The zero-order valence-corrected chi connectivity index (χ0v) is 17.9. The van der Waals surface area contributed by atoms with Gasteiger partial charge in [-0.1, -0.05) is 43.5 Å². The van der Waals surface area contributed by atoms with Gasteiger partial charge < -0.3 is 24.6 Å². The number of benzene rings is 1. The Labute approximate surface area is 186 Å². The van der Waals surface area contributed by atoms with E-state index in [4.69, 9.17) is 9.47 Å². The lowest BCUT2D eigenvalue weighted by Gasteiger charge is -2.17. The Morgan fingerprint density at radius 2 is 1.69 bits per heavy atom. The van der Waals surface area contributed by atoms with E-state index in [1.54, 1.807) is 18.2 Å². The van der Waals surface area contributed by atoms with E-state index in [1.807, 2.05) is 0 Å². The summed E-state index contributed by atoms with van der Waals surface area (Å²) in [5.74, 6) is -3.51. The number of ether oxygens (including phenoxy) is 3. The molecule has 9 heteroatoms. The number of nitrogens with one attached hydrogen (secondary N) is 1. The highest BCUT2D eigenvalue weighted by atomic mass is 16.5. The zero-order chi connectivity index (χ0) is 23.9. The first-order valence-corrected chi connectivity index (χ1v) is 9.71. The molecule has 9 nitrogen and oxygen atoms in total. The second kappa shape index (κ2) is 14.2. The average molecular weight is 445 g/mol. The second-order valence-corrected chi connectivity index (χ2v) is 6.55. The first-order valence-electron chi connectivity index (χ1n) is 9.71. The van der Waals surface area contributed by atoms with Gasteiger partial charge in [0.05, 0.1) is 32.6 Å². The molecule has 1 atom stereocenters. The predicted octanol–water partition coefficient (Wildman–Crippen LogP) is 1.76. The fourth-order valence-corrected chi connectivity index (χ4v) is 2.47. The Kier molecular flexibility index (Phi) is 11.6. The number of rotatable bonds is 12. The van der Waals surface area contributed by atoms with Crippen molar-refractivity contribution in [1.82, 2.24) is 5.32 Å². The molecule has 0 heterocycles. The van der Waals surface area contributed by atoms with Crippen molar-refractivity contribution in [3.05, 3.63) is 66.8 Å². The Morgan fingerprint density at radius 1 is 1.06 bits per heavy atom. The maximum atomic E-state index is 12.2. The number of hydrogen-bond acceptors (Lipinski definition) is 8. The van der Waals surface area contributed by atoms with Gasteiger partial charge in [-0.15, -0.1) is 0 Å². The van der Waals surface area contributed by atoms with Gasteiger partial charge in [0.25, 0.3) is 0 Å². The van der Waals surface area contributed by atoms with Gasteiger partial charge in [0.2, 0.25) is 0 Å². The zero-order valence-electron chi connectivity index (χ0n) is 17.9. The van der Waals surface area contributed by atoms with Gasteiger partial charge in [-0.25, -0.2) is 4.79 Å². The van der Waals surface area contributed by atoms with Gasteiger partial charge in [-0.2, -0.15) is 0 Å². The minimum Gasteiger partial charge on any atom is -0.508 e. The number of aromatic hydroxyl groups is 1. The van der Waals surface area contributed by atoms with E-state index in [0.29, 0.717) is 12.0 Å². The topological polar surface area (TPSA) is 128 Å². The van der Waals surface area contributed by atoms with Crippen LogP contribution in [0, 0.1) is 0 Å². The maximum Gasteiger partial charge on any atom is 0.396 e. The van der Waals surface area contributed by atoms with Crippen LogP contribution in [0.15, 0.2) is 61.2 Å². The van der Waals surface area contributed by atoms with Crippen molar-refractivity contribution in [3.63, 3.8) is 0 Å². The van der Waals surface area contributed by atoms with Crippen LogP contribution >= 0.6 is 0 Å². The highest BCUT2D eigenvalue weighted by Gasteiger charge is 2.25. The number of esters is 3. The molecular formula is C23H27NO8. The summed E-state index contributed by atoms with van der Waals surface area (Å²) < 4.78 is 14.6. The molecule has 0 spiro atoms. The molecule has 1 unspecified atom stereocenters. The molecule has 0 aliphatic rings. The van der Waals surface area contributed by atoms with Crippen LogP contribution < -0.4 is 5.32 Å². The summed E-state index contributed by atoms with van der Waals surface area (Å²) in [6.45, 7) is 7.12. The van der Waals surface area contributed by atoms with Gasteiger partial charge in [0, 0.05) is 6.42 Å². The van der Waals surface area contributed by atoms with Crippen molar-refractivity contribution in [2.45, 2.75) is 25.3 Å². The second-order valence-electron chi connectivity index (χ2n) is 6.55. The average Bonchev–Trinajstić information content (AvgIpc) is 2.77. The van der Waals surface area contributed by atoms with E-state index in [1.165, 1.54) is 24.3 Å². The van der Waals surface area contributed by atoms with E-state index >= 15 is 0 Å². The summed E-state index contributed by atoms with van der Waals surface area (Å²) in [4.78, 5) is 47.6. The van der Waals surface area contributed by atoms with Crippen LogP contribution in [-0.2, 0) is 39.8 Å². The van der Waals surface area contributed by atoms with Crippen molar-refractivity contribution in [1.29, 1.82) is 0 Å². The van der Waals surface area contributed by atoms with Gasteiger partial charge >= 0.3 is 23.8 Å². The molecule has 1 amide bonds. The smallest absolute Gasteiger partial charge is 0.396 e. The molecule has 0 radical (unpaired) electrons. The molecule has 2 N–H and O–H groups in total. The minimum absolute atomic E-state index is 0.0563. The molecule has 0 bridgehead atoms. The third-order valence-corrected chi connectivity index (χ3v) is 4.12. The van der Waals surface area contributed by atoms with Crippen LogP contribution in [0.2, 0.25) is 0 Å². The summed E-state index contributed by atoms with van der Waals surface area (Å²) in [7, 11) is 1.03. The van der Waals surface area contributed by atoms with Gasteiger partial charge in [0.15, 0.2) is 0 Å². The molecule has 1 rings (SSSR count). The lowest BCUT2D eigenvalue weighted by atomic mass is 10.1. The molecule has 0 aromatic heterocycles. The highest BCUT2D eigenvalue weighted by Crippen LogP contribution is 2.10. The number of carbonyl (C=O) groups is 4. The molecule has 172 valence electrons. The molecule has 0 fully saturated rings. The molecule has 0 aliphatic carbocycles. The van der Waals surface area contributed by atoms with Crippen LogP contribution in [0.4, 0.5) is 0 Å². The van der Waals surface area contributed by atoms with Crippen LogP contribution in [0.3, 0.4) is 0 Å². The number of allylic oxidation sites excluding steroid dienone is 2. The van der Waals surface area contributed by atoms with Crippen LogP contribution in [0.5, 0.6) is 5.75 Å². The number of methoxy groups -OCH3 is 1. The fraction of sp³-hybridized carbons (Fsp3) is 0.304. The Balaban J connectivity index is 2.64. The number of phenols is 1. The summed E-state index contributed by atoms with van der Waals surface area (Å²) in [6, 6.07) is 5.38. The maximum absolute atomic E-state index is 12.2. The van der Waals surface area contributed by atoms with Crippen molar-refractivity contribution < 1.29 is 38.5 Å². The van der Waals surface area contributed by atoms with Gasteiger partial charge in [-0.05, 0) is 23.3 Å². The standard InChI is InChI=1S/C23H27NO8/c1-4-6-16(5-2)15-32-21(27)14-18(24-22(28)23(29)30-3)13-20(26)31-12-11-17-7-9-19(25)10-8-17/h4-10,18,25H,1-2,11-15H2,3H3,(H,24,28)/b16-6+. The van der Waals surface area contributed by atoms with Crippen molar-refractivity contribution in [3.8, 4) is 5.75 Å². The monoisotopic (exact) mass is 445 g/mol. The van der Waals surface area contributed by atoms with Crippen LogP contribution in [-0.4, -0.2) is 55.3 Å². The van der Waals surface area contributed by atoms with E-state index in [9.17, 15) is 24.3 Å². The van der Waals surface area contributed by atoms with E-state index in [-0.39, 0.29) is 31.8 Å². The SMILES string of the molecule is C=C/C=C(\C=C)COC(=O)CC(CC(=O)OCCc1ccc(O)cc1)NC(=O)C(=O)OC. The normalized spacial score (nSPS) is 11.6. The van der Waals surface area contributed by atoms with Crippen molar-refractivity contribution >= 4 is 23.8 Å². The Hall–Kier alpha value is -3.88. The quantitative estimate of drug-likeness (QED) is 0.216. The first kappa shape index (κ1) is 26.2. The van der Waals surface area contributed by atoms with E-state index < -0.39 is 29.9 Å². The molecule has 0 saturated carbocycles. The lowest BCUT2D eigenvalue weighted by Crippen LogP contribution is -2.42. The summed E-state index contributed by atoms with van der Waals surface area (Å²) in [6.07, 6.45) is 4.31. The summed E-state index contributed by atoms with van der Waals surface area (Å²) in [5.41, 5.74) is 1.46. The van der Waals surface area contributed by atoms with Crippen LogP contribution in [0.1, 0.15) is 18.4 Å². The number of hydrogen-bond donors (Lipinski definition) is 2. The molecular weight excluding hydrogens is 418 g/mol. The number of phenolic OH excluding ortho intramolecular Hbond substituents is 1. The molecule has 0 saturated heterocycles. The third-order valence-electron chi connectivity index (χ3n) is 4.12. The number of carbonyl (C=O) groups excluding carboxylic acids is 4. The Bertz CT molecular complexity index is 857. The van der Waals surface area contributed by atoms with Gasteiger partial charge in [-0.3, -0.25) is 14.4 Å². The van der Waals surface area contributed by atoms with Crippen LogP contribution in [0.25, 0.3) is 0 Å². The van der Waals surface area contributed by atoms with Gasteiger partial charge in [0.1, 0.15) is 12.4 Å². The molecule has 0 aliphatic heterocycles. The minimum atomic E-state index is -1.16. The molecule has 32 heavy (non-hydrogen) atoms. The fourth-order valence-electron chi connectivity index (χ4n) is 2.47. The lowest BCUT2D eigenvalue weighted by molar-refractivity contribution is -0.154. The molecule has 1 aromatic carbocycles. The van der Waals surface area contributed by atoms with Crippen molar-refractivity contribution in [2.24, 2.45) is 0 Å². The molecule has 1 aromatic rings. The number of amides is 1. The van der Waals surface area contributed by atoms with E-state index in [2.05, 4.69) is 23.2 Å². The highest BCUT2D eigenvalue weighted by molar-refractivity contribution is 6.32. The summed E-state index contributed by atoms with van der Waals surface area (Å²) in [5, 5.41) is 11.6. The predicted molar refractivity (Wildman–Crippen MR) is 115 cm³/mol. The van der Waals surface area contributed by atoms with E-state index in [0.717, 1.165) is 12.7 Å². The summed E-state index contributed by atoms with van der Waals surface area (Å²) >= 11 is 0. The largest absolute Gasteiger partial charge is 0.508 e. The van der Waals surface area contributed by atoms with Crippen molar-refractivity contribution in [2.75, 3.05) is 20.3 Å². The third kappa shape index (κ3) is 10.2.